The molecule has 0 aliphatic rings. The normalized spacial score (nSPS) is 10.7. The Balaban J connectivity index is 2.03. The van der Waals surface area contributed by atoms with E-state index in [-0.39, 0.29) is 18.1 Å². The molecule has 0 N–H and O–H groups in total. The van der Waals surface area contributed by atoms with Gasteiger partial charge in [-0.3, -0.25) is 4.79 Å². The van der Waals surface area contributed by atoms with E-state index in [1.54, 1.807) is 31.2 Å². The molecule has 110 valence electrons. The van der Waals surface area contributed by atoms with Crippen LogP contribution < -0.4 is 4.74 Å². The number of hydrogen-bond acceptors (Lipinski definition) is 2. The molecule has 3 heteroatoms. The number of ketones is 1. The van der Waals surface area contributed by atoms with Crippen LogP contribution in [0, 0.1) is 12.7 Å². The summed E-state index contributed by atoms with van der Waals surface area (Å²) >= 11 is 0. The molecule has 0 saturated heterocycles. The minimum absolute atomic E-state index is 0.113. The molecular weight excluding hydrogens is 267 g/mol. The van der Waals surface area contributed by atoms with Crippen LogP contribution >= 0.6 is 0 Å². The van der Waals surface area contributed by atoms with Crippen LogP contribution in [-0.4, -0.2) is 12.4 Å². The number of hydrogen-bond donors (Lipinski definition) is 0. The van der Waals surface area contributed by atoms with Crippen LogP contribution in [0.1, 0.15) is 41.3 Å². The van der Waals surface area contributed by atoms with E-state index in [4.69, 9.17) is 4.74 Å². The van der Waals surface area contributed by atoms with Gasteiger partial charge in [0.2, 0.25) is 0 Å². The number of benzene rings is 2. The van der Waals surface area contributed by atoms with Crippen molar-refractivity contribution in [1.29, 1.82) is 0 Å². The quantitative estimate of drug-likeness (QED) is 0.755. The standard InChI is InChI=1S/C18H19FO2/c1-12(2)14-7-9-15(10-8-14)16(20)11-21-17-6-4-5-13(3)18(17)19/h4-10,12H,11H2,1-3H3. The molecule has 21 heavy (non-hydrogen) atoms. The largest absolute Gasteiger partial charge is 0.482 e. The molecule has 0 bridgehead atoms. The topological polar surface area (TPSA) is 26.3 Å². The van der Waals surface area contributed by atoms with E-state index in [2.05, 4.69) is 13.8 Å². The first-order valence-electron chi connectivity index (χ1n) is 7.00. The van der Waals surface area contributed by atoms with Gasteiger partial charge in [-0.1, -0.05) is 50.2 Å². The van der Waals surface area contributed by atoms with Gasteiger partial charge < -0.3 is 4.74 Å². The van der Waals surface area contributed by atoms with Gasteiger partial charge in [0.1, 0.15) is 0 Å². The number of carbonyl (C=O) groups excluding carboxylic acids is 1. The lowest BCUT2D eigenvalue weighted by atomic mass is 10.0. The summed E-state index contributed by atoms with van der Waals surface area (Å²) in [6, 6.07) is 12.3. The van der Waals surface area contributed by atoms with Gasteiger partial charge in [-0.05, 0) is 30.0 Å². The van der Waals surface area contributed by atoms with Crippen LogP contribution in [-0.2, 0) is 0 Å². The third-order valence-corrected chi connectivity index (χ3v) is 3.41. The summed E-state index contributed by atoms with van der Waals surface area (Å²) in [4.78, 5) is 12.0. The summed E-state index contributed by atoms with van der Waals surface area (Å²) in [6.45, 7) is 5.69. The Morgan fingerprint density at radius 1 is 1.14 bits per heavy atom. The van der Waals surface area contributed by atoms with E-state index in [0.717, 1.165) is 0 Å². The van der Waals surface area contributed by atoms with Gasteiger partial charge in [0.05, 0.1) is 0 Å². The first-order valence-corrected chi connectivity index (χ1v) is 7.00. The number of halogens is 1. The highest BCUT2D eigenvalue weighted by atomic mass is 19.1. The number of aryl methyl sites for hydroxylation is 1. The minimum Gasteiger partial charge on any atom is -0.482 e. The van der Waals surface area contributed by atoms with Crippen LogP contribution in [0.25, 0.3) is 0 Å². The fourth-order valence-corrected chi connectivity index (χ4v) is 2.01. The molecule has 0 fully saturated rings. The summed E-state index contributed by atoms with van der Waals surface area (Å²) in [6.07, 6.45) is 0. The fourth-order valence-electron chi connectivity index (χ4n) is 2.01. The molecule has 0 aliphatic heterocycles. The summed E-state index contributed by atoms with van der Waals surface area (Å²) in [5.41, 5.74) is 2.26. The molecule has 0 aromatic heterocycles. The van der Waals surface area contributed by atoms with E-state index in [1.807, 2.05) is 12.1 Å². The van der Waals surface area contributed by atoms with E-state index in [0.29, 0.717) is 17.0 Å². The smallest absolute Gasteiger partial charge is 0.200 e. The van der Waals surface area contributed by atoms with E-state index in [9.17, 15) is 9.18 Å². The lowest BCUT2D eigenvalue weighted by Crippen LogP contribution is -2.12. The molecule has 2 rings (SSSR count). The van der Waals surface area contributed by atoms with Crippen molar-refractivity contribution in [3.63, 3.8) is 0 Å². The molecule has 0 atom stereocenters. The molecule has 0 heterocycles. The predicted octanol–water partition coefficient (Wildman–Crippen LogP) is 4.52. The monoisotopic (exact) mass is 286 g/mol. The Kier molecular flexibility index (Phi) is 4.73. The Labute approximate surface area is 124 Å². The zero-order chi connectivity index (χ0) is 15.4. The highest BCUT2D eigenvalue weighted by Crippen LogP contribution is 2.20. The van der Waals surface area contributed by atoms with Crippen LogP contribution in [0.3, 0.4) is 0 Å². The van der Waals surface area contributed by atoms with Crippen molar-refractivity contribution in [3.8, 4) is 5.75 Å². The van der Waals surface area contributed by atoms with Crippen molar-refractivity contribution in [3.05, 3.63) is 65.0 Å². The molecule has 0 unspecified atom stereocenters. The van der Waals surface area contributed by atoms with Crippen molar-refractivity contribution < 1.29 is 13.9 Å². The third-order valence-electron chi connectivity index (χ3n) is 3.41. The van der Waals surface area contributed by atoms with Gasteiger partial charge in [-0.15, -0.1) is 0 Å². The van der Waals surface area contributed by atoms with Gasteiger partial charge in [-0.2, -0.15) is 0 Å². The van der Waals surface area contributed by atoms with E-state index >= 15 is 0 Å². The zero-order valence-corrected chi connectivity index (χ0v) is 12.5. The third kappa shape index (κ3) is 3.69. The molecule has 0 spiro atoms. The van der Waals surface area contributed by atoms with Gasteiger partial charge in [0, 0.05) is 5.56 Å². The first-order chi connectivity index (χ1) is 9.99. The Morgan fingerprint density at radius 3 is 2.43 bits per heavy atom. The molecule has 2 aromatic carbocycles. The van der Waals surface area contributed by atoms with Gasteiger partial charge in [0.15, 0.2) is 24.0 Å². The number of rotatable bonds is 5. The Hall–Kier alpha value is -2.16. The van der Waals surface area contributed by atoms with E-state index in [1.165, 1.54) is 11.6 Å². The summed E-state index contributed by atoms with van der Waals surface area (Å²) in [5, 5.41) is 0. The first kappa shape index (κ1) is 15.2. The number of Topliss-reactive ketones (excluding diaryl/α,β-unsaturated/α-hetero) is 1. The molecular formula is C18H19FO2. The second-order valence-corrected chi connectivity index (χ2v) is 5.38. The van der Waals surface area contributed by atoms with Crippen molar-refractivity contribution in [2.75, 3.05) is 6.61 Å². The lowest BCUT2D eigenvalue weighted by Gasteiger charge is -2.09. The van der Waals surface area contributed by atoms with Crippen LogP contribution in [0.5, 0.6) is 5.75 Å². The maximum atomic E-state index is 13.8. The van der Waals surface area contributed by atoms with Crippen LogP contribution in [0.4, 0.5) is 4.39 Å². The van der Waals surface area contributed by atoms with Crippen molar-refractivity contribution in [2.24, 2.45) is 0 Å². The highest BCUT2D eigenvalue weighted by molar-refractivity contribution is 5.97. The van der Waals surface area contributed by atoms with Crippen molar-refractivity contribution >= 4 is 5.78 Å². The van der Waals surface area contributed by atoms with E-state index < -0.39 is 5.82 Å². The summed E-state index contributed by atoms with van der Waals surface area (Å²) in [5.74, 6) is -0.0411. The average Bonchev–Trinajstić information content (AvgIpc) is 2.48. The Morgan fingerprint density at radius 2 is 1.81 bits per heavy atom. The molecule has 0 amide bonds. The fraction of sp³-hybridized carbons (Fsp3) is 0.278. The minimum atomic E-state index is -0.416. The second kappa shape index (κ2) is 6.53. The van der Waals surface area contributed by atoms with Crippen LogP contribution in [0.2, 0.25) is 0 Å². The number of ether oxygens (including phenoxy) is 1. The van der Waals surface area contributed by atoms with Gasteiger partial charge in [0.25, 0.3) is 0 Å². The van der Waals surface area contributed by atoms with Crippen molar-refractivity contribution in [1.82, 2.24) is 0 Å². The number of carbonyl (C=O) groups is 1. The SMILES string of the molecule is Cc1cccc(OCC(=O)c2ccc(C(C)C)cc2)c1F. The summed E-state index contributed by atoms with van der Waals surface area (Å²) in [7, 11) is 0. The van der Waals surface area contributed by atoms with Crippen LogP contribution in [0.15, 0.2) is 42.5 Å². The lowest BCUT2D eigenvalue weighted by molar-refractivity contribution is 0.0918. The predicted molar refractivity (Wildman–Crippen MR) is 81.5 cm³/mol. The molecule has 0 radical (unpaired) electrons. The Bertz CT molecular complexity index is 630. The highest BCUT2D eigenvalue weighted by Gasteiger charge is 2.11. The average molecular weight is 286 g/mol. The summed E-state index contributed by atoms with van der Waals surface area (Å²) < 4.78 is 19.0. The van der Waals surface area contributed by atoms with Crippen molar-refractivity contribution in [2.45, 2.75) is 26.7 Å². The zero-order valence-electron chi connectivity index (χ0n) is 12.5. The molecule has 0 saturated carbocycles. The van der Waals surface area contributed by atoms with Gasteiger partial charge in [-0.25, -0.2) is 4.39 Å². The van der Waals surface area contributed by atoms with Gasteiger partial charge >= 0.3 is 0 Å². The molecule has 0 aliphatic carbocycles. The second-order valence-electron chi connectivity index (χ2n) is 5.38. The maximum absolute atomic E-state index is 13.8. The maximum Gasteiger partial charge on any atom is 0.200 e. The molecule has 2 nitrogen and oxygen atoms in total. The molecule has 2 aromatic rings.